The smallest absolute Gasteiger partial charge is 0.263 e. The predicted molar refractivity (Wildman–Crippen MR) is 63.1 cm³/mol. The van der Waals surface area contributed by atoms with Crippen LogP contribution in [0.15, 0.2) is 23.8 Å². The lowest BCUT2D eigenvalue weighted by atomic mass is 10.3. The second kappa shape index (κ2) is 4.36. The third kappa shape index (κ3) is 2.22. The molecule has 0 fully saturated rings. The monoisotopic (exact) mass is 236 g/mol. The van der Waals surface area contributed by atoms with Gasteiger partial charge in [-0.15, -0.1) is 11.3 Å². The SMILES string of the molecule is Cn1cc(CNC(=O)c2sccc2N)cn1. The number of aryl methyl sites for hydroxylation is 1. The molecule has 0 unspecified atom stereocenters. The van der Waals surface area contributed by atoms with E-state index in [4.69, 9.17) is 5.73 Å². The molecule has 0 aliphatic rings. The molecular weight excluding hydrogens is 224 g/mol. The van der Waals surface area contributed by atoms with E-state index in [0.29, 0.717) is 17.1 Å². The molecule has 6 heteroatoms. The average Bonchev–Trinajstić information content (AvgIpc) is 2.84. The van der Waals surface area contributed by atoms with Crippen LogP contribution in [0.25, 0.3) is 0 Å². The molecule has 3 N–H and O–H groups in total. The van der Waals surface area contributed by atoms with Crippen molar-refractivity contribution in [3.05, 3.63) is 34.3 Å². The van der Waals surface area contributed by atoms with Gasteiger partial charge in [0.15, 0.2) is 0 Å². The second-order valence-corrected chi connectivity index (χ2v) is 4.33. The van der Waals surface area contributed by atoms with Crippen molar-refractivity contribution < 1.29 is 4.79 Å². The lowest BCUT2D eigenvalue weighted by Gasteiger charge is -2.01. The molecule has 16 heavy (non-hydrogen) atoms. The molecule has 2 heterocycles. The van der Waals surface area contributed by atoms with Gasteiger partial charge in [0.05, 0.1) is 11.9 Å². The average molecular weight is 236 g/mol. The molecule has 2 aromatic heterocycles. The van der Waals surface area contributed by atoms with Gasteiger partial charge < -0.3 is 11.1 Å². The van der Waals surface area contributed by atoms with Crippen LogP contribution in [0, 0.1) is 0 Å². The number of anilines is 1. The lowest BCUT2D eigenvalue weighted by Crippen LogP contribution is -2.22. The Hall–Kier alpha value is -1.82. The number of nitrogens with zero attached hydrogens (tertiary/aromatic N) is 2. The van der Waals surface area contributed by atoms with Crippen molar-refractivity contribution in [2.45, 2.75) is 6.54 Å². The zero-order valence-electron chi connectivity index (χ0n) is 8.80. The summed E-state index contributed by atoms with van der Waals surface area (Å²) in [6, 6.07) is 1.73. The highest BCUT2D eigenvalue weighted by Gasteiger charge is 2.10. The van der Waals surface area contributed by atoms with Gasteiger partial charge in [0.2, 0.25) is 0 Å². The number of thiophene rings is 1. The first-order valence-electron chi connectivity index (χ1n) is 4.75. The summed E-state index contributed by atoms with van der Waals surface area (Å²) in [5.74, 6) is -0.142. The minimum absolute atomic E-state index is 0.142. The Kier molecular flexibility index (Phi) is 2.91. The van der Waals surface area contributed by atoms with Crippen LogP contribution in [0.5, 0.6) is 0 Å². The Bertz CT molecular complexity index is 502. The van der Waals surface area contributed by atoms with Crippen molar-refractivity contribution in [2.75, 3.05) is 5.73 Å². The zero-order valence-corrected chi connectivity index (χ0v) is 9.62. The molecule has 2 aromatic rings. The number of carbonyl (C=O) groups excluding carboxylic acids is 1. The number of rotatable bonds is 3. The second-order valence-electron chi connectivity index (χ2n) is 3.41. The standard InChI is InChI=1S/C10H12N4OS/c1-14-6-7(5-13-14)4-12-10(15)9-8(11)2-3-16-9/h2-3,5-6H,4,11H2,1H3,(H,12,15). The molecular formula is C10H12N4OS. The number of aromatic nitrogens is 2. The van der Waals surface area contributed by atoms with Gasteiger partial charge in [0.25, 0.3) is 5.91 Å². The summed E-state index contributed by atoms with van der Waals surface area (Å²) in [5, 5.41) is 8.61. The van der Waals surface area contributed by atoms with Gasteiger partial charge >= 0.3 is 0 Å². The van der Waals surface area contributed by atoms with Crippen molar-refractivity contribution in [2.24, 2.45) is 7.05 Å². The van der Waals surface area contributed by atoms with Gasteiger partial charge in [0.1, 0.15) is 4.88 Å². The third-order valence-electron chi connectivity index (χ3n) is 2.11. The Morgan fingerprint density at radius 3 is 3.06 bits per heavy atom. The molecule has 0 saturated heterocycles. The largest absolute Gasteiger partial charge is 0.397 e. The van der Waals surface area contributed by atoms with E-state index in [1.165, 1.54) is 11.3 Å². The predicted octanol–water partition coefficient (Wildman–Crippen LogP) is 0.994. The van der Waals surface area contributed by atoms with E-state index in [1.54, 1.807) is 22.3 Å². The van der Waals surface area contributed by atoms with Crippen LogP contribution in [0.3, 0.4) is 0 Å². The van der Waals surface area contributed by atoms with Crippen LogP contribution < -0.4 is 11.1 Å². The molecule has 0 aliphatic carbocycles. The maximum atomic E-state index is 11.7. The van der Waals surface area contributed by atoms with E-state index >= 15 is 0 Å². The quantitative estimate of drug-likeness (QED) is 0.834. The fourth-order valence-corrected chi connectivity index (χ4v) is 2.06. The summed E-state index contributed by atoms with van der Waals surface area (Å²) in [7, 11) is 1.84. The minimum atomic E-state index is -0.142. The van der Waals surface area contributed by atoms with Crippen molar-refractivity contribution in [1.82, 2.24) is 15.1 Å². The molecule has 0 aliphatic heterocycles. The van der Waals surface area contributed by atoms with Crippen molar-refractivity contribution in [3.63, 3.8) is 0 Å². The molecule has 84 valence electrons. The molecule has 0 atom stereocenters. The molecule has 5 nitrogen and oxygen atoms in total. The van der Waals surface area contributed by atoms with Crippen molar-refractivity contribution in [1.29, 1.82) is 0 Å². The van der Waals surface area contributed by atoms with E-state index in [0.717, 1.165) is 5.56 Å². The normalized spacial score (nSPS) is 10.3. The van der Waals surface area contributed by atoms with E-state index in [-0.39, 0.29) is 5.91 Å². The number of carbonyl (C=O) groups is 1. The fourth-order valence-electron chi connectivity index (χ4n) is 1.33. The highest BCUT2D eigenvalue weighted by molar-refractivity contribution is 7.12. The van der Waals surface area contributed by atoms with Crippen LogP contribution in [-0.4, -0.2) is 15.7 Å². The van der Waals surface area contributed by atoms with Crippen LogP contribution in [-0.2, 0) is 13.6 Å². The van der Waals surface area contributed by atoms with Crippen molar-refractivity contribution >= 4 is 22.9 Å². The lowest BCUT2D eigenvalue weighted by molar-refractivity contribution is 0.0956. The molecule has 0 saturated carbocycles. The highest BCUT2D eigenvalue weighted by atomic mass is 32.1. The van der Waals surface area contributed by atoms with Crippen LogP contribution >= 0.6 is 11.3 Å². The first kappa shape index (κ1) is 10.7. The van der Waals surface area contributed by atoms with E-state index < -0.39 is 0 Å². The number of nitrogen functional groups attached to an aromatic ring is 1. The first-order valence-corrected chi connectivity index (χ1v) is 5.63. The first-order chi connectivity index (χ1) is 7.66. The van der Waals surface area contributed by atoms with E-state index in [1.807, 2.05) is 13.2 Å². The van der Waals surface area contributed by atoms with Gasteiger partial charge in [-0.05, 0) is 11.4 Å². The Balaban J connectivity index is 1.96. The van der Waals surface area contributed by atoms with Gasteiger partial charge in [0, 0.05) is 25.4 Å². The summed E-state index contributed by atoms with van der Waals surface area (Å²) >= 11 is 1.34. The minimum Gasteiger partial charge on any atom is -0.397 e. The van der Waals surface area contributed by atoms with Gasteiger partial charge in [-0.2, -0.15) is 5.10 Å². The van der Waals surface area contributed by atoms with Gasteiger partial charge in [-0.25, -0.2) is 0 Å². The number of nitrogens with two attached hydrogens (primary N) is 1. The molecule has 1 amide bonds. The maximum Gasteiger partial charge on any atom is 0.263 e. The summed E-state index contributed by atoms with van der Waals surface area (Å²) in [4.78, 5) is 12.3. The highest BCUT2D eigenvalue weighted by Crippen LogP contribution is 2.18. The summed E-state index contributed by atoms with van der Waals surface area (Å²) in [5.41, 5.74) is 7.13. The Morgan fingerprint density at radius 2 is 2.50 bits per heavy atom. The number of hydrogen-bond donors (Lipinski definition) is 2. The van der Waals surface area contributed by atoms with Crippen molar-refractivity contribution in [3.8, 4) is 0 Å². The summed E-state index contributed by atoms with van der Waals surface area (Å²) in [6.45, 7) is 0.462. The number of nitrogens with one attached hydrogen (secondary N) is 1. The Labute approximate surface area is 96.9 Å². The van der Waals surface area contributed by atoms with Crippen LogP contribution in [0.2, 0.25) is 0 Å². The summed E-state index contributed by atoms with van der Waals surface area (Å²) < 4.78 is 1.70. The topological polar surface area (TPSA) is 72.9 Å². The summed E-state index contributed by atoms with van der Waals surface area (Å²) in [6.07, 6.45) is 3.58. The molecule has 0 spiro atoms. The van der Waals surface area contributed by atoms with Crippen LogP contribution in [0.1, 0.15) is 15.2 Å². The Morgan fingerprint density at radius 1 is 1.69 bits per heavy atom. The maximum absolute atomic E-state index is 11.7. The van der Waals surface area contributed by atoms with E-state index in [9.17, 15) is 4.79 Å². The fraction of sp³-hybridized carbons (Fsp3) is 0.200. The number of hydrogen-bond acceptors (Lipinski definition) is 4. The zero-order chi connectivity index (χ0) is 11.5. The van der Waals surface area contributed by atoms with Gasteiger partial charge in [-0.3, -0.25) is 9.48 Å². The van der Waals surface area contributed by atoms with Crippen LogP contribution in [0.4, 0.5) is 5.69 Å². The van der Waals surface area contributed by atoms with E-state index in [2.05, 4.69) is 10.4 Å². The molecule has 0 radical (unpaired) electrons. The number of amides is 1. The van der Waals surface area contributed by atoms with Gasteiger partial charge in [-0.1, -0.05) is 0 Å². The molecule has 0 aromatic carbocycles. The molecule has 2 rings (SSSR count). The third-order valence-corrected chi connectivity index (χ3v) is 3.04. The molecule has 0 bridgehead atoms.